The summed E-state index contributed by atoms with van der Waals surface area (Å²) in [6.07, 6.45) is 2.18. The van der Waals surface area contributed by atoms with Crippen LogP contribution in [0.2, 0.25) is 0 Å². The third-order valence-corrected chi connectivity index (χ3v) is 3.18. The molecule has 1 unspecified atom stereocenters. The number of halogens is 1. The van der Waals surface area contributed by atoms with Gasteiger partial charge in [-0.05, 0) is 30.9 Å². The Bertz CT molecular complexity index is 410. The van der Waals surface area contributed by atoms with E-state index in [0.29, 0.717) is 11.7 Å². The van der Waals surface area contributed by atoms with Crippen molar-refractivity contribution in [2.45, 2.75) is 19.8 Å². The molecule has 2 nitrogen and oxygen atoms in total. The van der Waals surface area contributed by atoms with Gasteiger partial charge in [-0.25, -0.2) is 4.39 Å². The van der Waals surface area contributed by atoms with Crippen LogP contribution in [-0.2, 0) is 0 Å². The van der Waals surface area contributed by atoms with Crippen molar-refractivity contribution >= 4 is 5.78 Å². The topological polar surface area (TPSA) is 26.3 Å². The number of Topliss-reactive ketones (excluding diaryl/α,β-unsaturated/α-hetero) is 1. The van der Waals surface area contributed by atoms with E-state index in [2.05, 4.69) is 0 Å². The van der Waals surface area contributed by atoms with E-state index in [-0.39, 0.29) is 17.3 Å². The van der Waals surface area contributed by atoms with Gasteiger partial charge in [-0.2, -0.15) is 0 Å². The number of hydrogen-bond acceptors (Lipinski definition) is 2. The van der Waals surface area contributed by atoms with E-state index in [1.165, 1.54) is 19.2 Å². The lowest BCUT2D eigenvalue weighted by molar-refractivity contribution is 0.0912. The largest absolute Gasteiger partial charge is 0.497 e. The second-order valence-electron chi connectivity index (χ2n) is 4.34. The highest BCUT2D eigenvalue weighted by Crippen LogP contribution is 2.38. The first-order chi connectivity index (χ1) is 7.63. The zero-order valence-electron chi connectivity index (χ0n) is 9.50. The van der Waals surface area contributed by atoms with Crippen molar-refractivity contribution in [1.82, 2.24) is 0 Å². The van der Waals surface area contributed by atoms with Gasteiger partial charge in [-0.1, -0.05) is 6.92 Å². The Hall–Kier alpha value is -1.38. The monoisotopic (exact) mass is 222 g/mol. The molecule has 0 saturated heterocycles. The Morgan fingerprint density at radius 3 is 2.69 bits per heavy atom. The normalized spacial score (nSPS) is 16.9. The first kappa shape index (κ1) is 11.1. The third-order valence-electron chi connectivity index (χ3n) is 3.18. The lowest BCUT2D eigenvalue weighted by atomic mass is 9.95. The van der Waals surface area contributed by atoms with Crippen molar-refractivity contribution in [1.29, 1.82) is 0 Å². The van der Waals surface area contributed by atoms with Crippen molar-refractivity contribution < 1.29 is 13.9 Å². The van der Waals surface area contributed by atoms with E-state index in [0.717, 1.165) is 12.8 Å². The molecule has 1 aromatic rings. The molecule has 0 radical (unpaired) electrons. The summed E-state index contributed by atoms with van der Waals surface area (Å²) in [6, 6.07) is 4.39. The minimum absolute atomic E-state index is 0.0668. The van der Waals surface area contributed by atoms with Gasteiger partial charge in [-0.15, -0.1) is 0 Å². The van der Waals surface area contributed by atoms with Crippen molar-refractivity contribution in [3.05, 3.63) is 29.6 Å². The van der Waals surface area contributed by atoms with Crippen LogP contribution in [0.1, 0.15) is 30.1 Å². The highest BCUT2D eigenvalue weighted by molar-refractivity contribution is 5.98. The summed E-state index contributed by atoms with van der Waals surface area (Å²) in [5, 5.41) is 0. The molecule has 0 N–H and O–H groups in total. The smallest absolute Gasteiger partial charge is 0.168 e. The molecule has 0 aromatic heterocycles. The van der Waals surface area contributed by atoms with Crippen LogP contribution >= 0.6 is 0 Å². The van der Waals surface area contributed by atoms with Gasteiger partial charge in [0.2, 0.25) is 0 Å². The molecule has 1 aliphatic carbocycles. The van der Waals surface area contributed by atoms with Crippen LogP contribution < -0.4 is 4.74 Å². The van der Waals surface area contributed by atoms with Gasteiger partial charge in [0.05, 0.1) is 12.7 Å². The molecular weight excluding hydrogens is 207 g/mol. The van der Waals surface area contributed by atoms with E-state index in [4.69, 9.17) is 4.74 Å². The summed E-state index contributed by atoms with van der Waals surface area (Å²) in [5.74, 6) is 0.240. The van der Waals surface area contributed by atoms with Gasteiger partial charge >= 0.3 is 0 Å². The molecule has 1 atom stereocenters. The molecule has 1 saturated carbocycles. The van der Waals surface area contributed by atoms with Gasteiger partial charge in [0.25, 0.3) is 0 Å². The van der Waals surface area contributed by atoms with Crippen LogP contribution in [0.15, 0.2) is 18.2 Å². The molecule has 2 rings (SSSR count). The average molecular weight is 222 g/mol. The fourth-order valence-electron chi connectivity index (χ4n) is 1.88. The minimum atomic E-state index is -0.489. The quantitative estimate of drug-likeness (QED) is 0.732. The summed E-state index contributed by atoms with van der Waals surface area (Å²) in [6.45, 7) is 1.88. The molecule has 0 amide bonds. The van der Waals surface area contributed by atoms with Crippen LogP contribution in [0, 0.1) is 17.7 Å². The van der Waals surface area contributed by atoms with Crippen LogP contribution in [-0.4, -0.2) is 12.9 Å². The van der Waals surface area contributed by atoms with Crippen molar-refractivity contribution in [3.8, 4) is 5.75 Å². The van der Waals surface area contributed by atoms with Gasteiger partial charge in [0, 0.05) is 12.0 Å². The first-order valence-corrected chi connectivity index (χ1v) is 5.51. The molecule has 3 heteroatoms. The molecule has 1 fully saturated rings. The second-order valence-corrected chi connectivity index (χ2v) is 4.34. The zero-order valence-corrected chi connectivity index (χ0v) is 9.50. The number of ether oxygens (including phenoxy) is 1. The highest BCUT2D eigenvalue weighted by atomic mass is 19.1. The summed E-state index contributed by atoms with van der Waals surface area (Å²) >= 11 is 0. The number of hydrogen-bond donors (Lipinski definition) is 0. The van der Waals surface area contributed by atoms with Gasteiger partial charge in [-0.3, -0.25) is 4.79 Å². The Kier molecular flexibility index (Phi) is 2.95. The van der Waals surface area contributed by atoms with Gasteiger partial charge < -0.3 is 4.74 Å². The molecule has 16 heavy (non-hydrogen) atoms. The van der Waals surface area contributed by atoms with E-state index >= 15 is 0 Å². The Morgan fingerprint density at radius 1 is 1.50 bits per heavy atom. The van der Waals surface area contributed by atoms with E-state index in [1.807, 2.05) is 6.92 Å². The Balaban J connectivity index is 2.22. The molecule has 0 spiro atoms. The highest BCUT2D eigenvalue weighted by Gasteiger charge is 2.33. The maximum atomic E-state index is 13.6. The first-order valence-electron chi connectivity index (χ1n) is 5.51. The SMILES string of the molecule is COc1ccc(C(=O)C(C)C2CC2)c(F)c1. The van der Waals surface area contributed by atoms with Crippen molar-refractivity contribution in [3.63, 3.8) is 0 Å². The lowest BCUT2D eigenvalue weighted by Gasteiger charge is -2.10. The number of methoxy groups -OCH3 is 1. The lowest BCUT2D eigenvalue weighted by Crippen LogP contribution is -2.14. The number of rotatable bonds is 4. The van der Waals surface area contributed by atoms with Gasteiger partial charge in [0.15, 0.2) is 5.78 Å². The van der Waals surface area contributed by atoms with Crippen LogP contribution in [0.5, 0.6) is 5.75 Å². The maximum absolute atomic E-state index is 13.6. The standard InChI is InChI=1S/C13H15FO2/c1-8(9-3-4-9)13(15)11-6-5-10(16-2)7-12(11)14/h5-9H,3-4H2,1-2H3. The fourth-order valence-corrected chi connectivity index (χ4v) is 1.88. The number of ketones is 1. The van der Waals surface area contributed by atoms with E-state index < -0.39 is 5.82 Å². The number of carbonyl (C=O) groups excluding carboxylic acids is 1. The maximum Gasteiger partial charge on any atom is 0.168 e. The van der Waals surface area contributed by atoms with Crippen molar-refractivity contribution in [2.24, 2.45) is 11.8 Å². The minimum Gasteiger partial charge on any atom is -0.497 e. The molecule has 1 aromatic carbocycles. The fraction of sp³-hybridized carbons (Fsp3) is 0.462. The van der Waals surface area contributed by atoms with Crippen LogP contribution in [0.4, 0.5) is 4.39 Å². The summed E-state index contributed by atoms with van der Waals surface area (Å²) in [7, 11) is 1.48. The molecule has 86 valence electrons. The van der Waals surface area contributed by atoms with E-state index in [1.54, 1.807) is 6.07 Å². The summed E-state index contributed by atoms with van der Waals surface area (Å²) < 4.78 is 18.5. The second kappa shape index (κ2) is 4.24. The van der Waals surface area contributed by atoms with Gasteiger partial charge in [0.1, 0.15) is 11.6 Å². The molecule has 0 bridgehead atoms. The predicted octanol–water partition coefficient (Wildman–Crippen LogP) is 3.06. The summed E-state index contributed by atoms with van der Waals surface area (Å²) in [4.78, 5) is 12.0. The van der Waals surface area contributed by atoms with Crippen LogP contribution in [0.25, 0.3) is 0 Å². The molecule has 1 aliphatic rings. The molecule has 0 heterocycles. The van der Waals surface area contributed by atoms with Crippen LogP contribution in [0.3, 0.4) is 0 Å². The average Bonchev–Trinajstić information content (AvgIpc) is 3.10. The van der Waals surface area contributed by atoms with E-state index in [9.17, 15) is 9.18 Å². The number of benzene rings is 1. The Morgan fingerprint density at radius 2 is 2.19 bits per heavy atom. The Labute approximate surface area is 94.4 Å². The van der Waals surface area contributed by atoms with Crippen molar-refractivity contribution in [2.75, 3.05) is 7.11 Å². The predicted molar refractivity (Wildman–Crippen MR) is 59.2 cm³/mol. The number of carbonyl (C=O) groups is 1. The third kappa shape index (κ3) is 2.08. The molecular formula is C13H15FO2. The summed E-state index contributed by atoms with van der Waals surface area (Å²) in [5.41, 5.74) is 0.181. The zero-order chi connectivity index (χ0) is 11.7. The molecule has 0 aliphatic heterocycles.